The predicted molar refractivity (Wildman–Crippen MR) is 54.3 cm³/mol. The molecule has 0 aliphatic rings. The smallest absolute Gasteiger partial charge is 0.239 e. The molecule has 2 N–H and O–H groups in total. The number of halogens is 1. The SMILES string of the molecule is CNC(=O)CNc1nc(Cl)ncc1C. The zero-order valence-corrected chi connectivity index (χ0v) is 8.72. The van der Waals surface area contributed by atoms with Crippen LogP contribution in [0.2, 0.25) is 5.28 Å². The predicted octanol–water partition coefficient (Wildman–Crippen LogP) is 0.596. The van der Waals surface area contributed by atoms with Crippen LogP contribution in [0.25, 0.3) is 0 Å². The maximum Gasteiger partial charge on any atom is 0.239 e. The summed E-state index contributed by atoms with van der Waals surface area (Å²) in [6.07, 6.45) is 1.60. The molecule has 0 aliphatic heterocycles. The third kappa shape index (κ3) is 2.85. The van der Waals surface area contributed by atoms with Gasteiger partial charge in [-0.3, -0.25) is 4.79 Å². The summed E-state index contributed by atoms with van der Waals surface area (Å²) in [4.78, 5) is 18.7. The van der Waals surface area contributed by atoms with E-state index in [0.29, 0.717) is 5.82 Å². The van der Waals surface area contributed by atoms with Gasteiger partial charge < -0.3 is 10.6 Å². The van der Waals surface area contributed by atoms with E-state index in [-0.39, 0.29) is 17.7 Å². The normalized spacial score (nSPS) is 9.64. The van der Waals surface area contributed by atoms with Gasteiger partial charge in [-0.05, 0) is 18.5 Å². The lowest BCUT2D eigenvalue weighted by Gasteiger charge is -2.06. The minimum absolute atomic E-state index is 0.112. The summed E-state index contributed by atoms with van der Waals surface area (Å²) in [5.41, 5.74) is 0.846. The van der Waals surface area contributed by atoms with E-state index >= 15 is 0 Å². The summed E-state index contributed by atoms with van der Waals surface area (Å²) in [5.74, 6) is 0.465. The number of nitrogens with one attached hydrogen (secondary N) is 2. The molecule has 1 aromatic heterocycles. The van der Waals surface area contributed by atoms with E-state index in [1.165, 1.54) is 0 Å². The molecule has 6 heteroatoms. The van der Waals surface area contributed by atoms with E-state index in [9.17, 15) is 4.79 Å². The average molecular weight is 215 g/mol. The highest BCUT2D eigenvalue weighted by Crippen LogP contribution is 2.11. The first-order valence-corrected chi connectivity index (χ1v) is 4.45. The molecule has 5 nitrogen and oxygen atoms in total. The van der Waals surface area contributed by atoms with Gasteiger partial charge in [0.15, 0.2) is 0 Å². The number of rotatable bonds is 3. The number of anilines is 1. The van der Waals surface area contributed by atoms with E-state index in [0.717, 1.165) is 5.56 Å². The molecule has 14 heavy (non-hydrogen) atoms. The molecular formula is C8H11ClN4O. The molecule has 0 unspecified atom stereocenters. The van der Waals surface area contributed by atoms with Gasteiger partial charge in [0.25, 0.3) is 0 Å². The van der Waals surface area contributed by atoms with Gasteiger partial charge in [0.05, 0.1) is 6.54 Å². The van der Waals surface area contributed by atoms with Gasteiger partial charge in [0.1, 0.15) is 5.82 Å². The monoisotopic (exact) mass is 214 g/mol. The molecule has 1 aromatic rings. The fraction of sp³-hybridized carbons (Fsp3) is 0.375. The number of aromatic nitrogens is 2. The maximum absolute atomic E-state index is 10.9. The highest BCUT2D eigenvalue weighted by molar-refractivity contribution is 6.28. The van der Waals surface area contributed by atoms with Crippen molar-refractivity contribution >= 4 is 23.3 Å². The molecule has 0 aromatic carbocycles. The van der Waals surface area contributed by atoms with Crippen LogP contribution in [-0.4, -0.2) is 29.5 Å². The van der Waals surface area contributed by atoms with Gasteiger partial charge in [-0.1, -0.05) is 0 Å². The van der Waals surface area contributed by atoms with Gasteiger partial charge in [-0.15, -0.1) is 0 Å². The van der Waals surface area contributed by atoms with E-state index in [4.69, 9.17) is 11.6 Å². The van der Waals surface area contributed by atoms with E-state index < -0.39 is 0 Å². The molecule has 1 rings (SSSR count). The van der Waals surface area contributed by atoms with Crippen molar-refractivity contribution in [2.75, 3.05) is 18.9 Å². The van der Waals surface area contributed by atoms with Gasteiger partial charge in [-0.2, -0.15) is 0 Å². The second-order valence-corrected chi connectivity index (χ2v) is 3.04. The molecular weight excluding hydrogens is 204 g/mol. The van der Waals surface area contributed by atoms with Crippen molar-refractivity contribution in [2.24, 2.45) is 0 Å². The van der Waals surface area contributed by atoms with Crippen LogP contribution < -0.4 is 10.6 Å². The van der Waals surface area contributed by atoms with Crippen molar-refractivity contribution in [2.45, 2.75) is 6.92 Å². The van der Waals surface area contributed by atoms with Gasteiger partial charge in [0, 0.05) is 18.8 Å². The Morgan fingerprint density at radius 3 is 3.00 bits per heavy atom. The second-order valence-electron chi connectivity index (χ2n) is 2.70. The molecule has 0 aliphatic carbocycles. The number of carbonyl (C=O) groups excluding carboxylic acids is 1. The Morgan fingerprint density at radius 2 is 2.36 bits per heavy atom. The highest BCUT2D eigenvalue weighted by Gasteiger charge is 2.03. The standard InChI is InChI=1S/C8H11ClN4O/c1-5-3-12-8(9)13-7(5)11-4-6(14)10-2/h3H,4H2,1-2H3,(H,10,14)(H,11,12,13). The summed E-state index contributed by atoms with van der Waals surface area (Å²) < 4.78 is 0. The number of aryl methyl sites for hydroxylation is 1. The Kier molecular flexibility index (Phi) is 3.64. The minimum Gasteiger partial charge on any atom is -0.361 e. The molecule has 0 atom stereocenters. The lowest BCUT2D eigenvalue weighted by molar-refractivity contribution is -0.118. The van der Waals surface area contributed by atoms with Crippen LogP contribution in [0.15, 0.2) is 6.20 Å². The second kappa shape index (κ2) is 4.76. The number of amides is 1. The van der Waals surface area contributed by atoms with Crippen LogP contribution >= 0.6 is 11.6 Å². The molecule has 76 valence electrons. The Labute approximate surface area is 86.9 Å². The third-order valence-electron chi connectivity index (χ3n) is 1.64. The largest absolute Gasteiger partial charge is 0.361 e. The zero-order chi connectivity index (χ0) is 10.6. The Balaban J connectivity index is 2.66. The topological polar surface area (TPSA) is 66.9 Å². The van der Waals surface area contributed by atoms with E-state index in [2.05, 4.69) is 20.6 Å². The first-order chi connectivity index (χ1) is 6.63. The van der Waals surface area contributed by atoms with Crippen LogP contribution in [-0.2, 0) is 4.79 Å². The van der Waals surface area contributed by atoms with Crippen LogP contribution in [0.4, 0.5) is 5.82 Å². The van der Waals surface area contributed by atoms with Gasteiger partial charge in [0.2, 0.25) is 11.2 Å². The molecule has 1 heterocycles. The molecule has 0 saturated carbocycles. The van der Waals surface area contributed by atoms with Crippen molar-refractivity contribution in [1.29, 1.82) is 0 Å². The fourth-order valence-electron chi connectivity index (χ4n) is 0.852. The molecule has 0 saturated heterocycles. The first kappa shape index (κ1) is 10.7. The zero-order valence-electron chi connectivity index (χ0n) is 7.97. The number of hydrogen-bond donors (Lipinski definition) is 2. The number of nitrogens with zero attached hydrogens (tertiary/aromatic N) is 2. The van der Waals surface area contributed by atoms with Crippen molar-refractivity contribution in [3.8, 4) is 0 Å². The maximum atomic E-state index is 10.9. The van der Waals surface area contributed by atoms with Crippen LogP contribution in [0, 0.1) is 6.92 Å². The summed E-state index contributed by atoms with van der Waals surface area (Å²) in [7, 11) is 1.57. The van der Waals surface area contributed by atoms with Crippen molar-refractivity contribution in [3.63, 3.8) is 0 Å². The molecule has 1 amide bonds. The van der Waals surface area contributed by atoms with Crippen LogP contribution in [0.3, 0.4) is 0 Å². The molecule has 0 bridgehead atoms. The minimum atomic E-state index is -0.112. The fourth-order valence-corrected chi connectivity index (χ4v) is 0.985. The Morgan fingerprint density at radius 1 is 1.64 bits per heavy atom. The van der Waals surface area contributed by atoms with Crippen molar-refractivity contribution in [3.05, 3.63) is 17.0 Å². The summed E-state index contributed by atoms with van der Waals surface area (Å²) in [5, 5.41) is 5.51. The van der Waals surface area contributed by atoms with E-state index in [1.54, 1.807) is 13.2 Å². The Hall–Kier alpha value is -1.36. The summed E-state index contributed by atoms with van der Waals surface area (Å²) in [6, 6.07) is 0. The van der Waals surface area contributed by atoms with Gasteiger partial charge >= 0.3 is 0 Å². The summed E-state index contributed by atoms with van der Waals surface area (Å²) >= 11 is 5.60. The number of hydrogen-bond acceptors (Lipinski definition) is 4. The van der Waals surface area contributed by atoms with Gasteiger partial charge in [-0.25, -0.2) is 9.97 Å². The lowest BCUT2D eigenvalue weighted by atomic mass is 10.3. The number of carbonyl (C=O) groups is 1. The van der Waals surface area contributed by atoms with Crippen molar-refractivity contribution in [1.82, 2.24) is 15.3 Å². The quantitative estimate of drug-likeness (QED) is 0.723. The average Bonchev–Trinajstić information content (AvgIpc) is 2.19. The summed E-state index contributed by atoms with van der Waals surface area (Å²) in [6.45, 7) is 2.01. The lowest BCUT2D eigenvalue weighted by Crippen LogP contribution is -2.26. The van der Waals surface area contributed by atoms with Crippen LogP contribution in [0.1, 0.15) is 5.56 Å². The van der Waals surface area contributed by atoms with E-state index in [1.807, 2.05) is 6.92 Å². The molecule has 0 fully saturated rings. The number of likely N-dealkylation sites (N-methyl/N-ethyl adjacent to an activating group) is 1. The molecule has 0 spiro atoms. The molecule has 0 radical (unpaired) electrons. The Bertz CT molecular complexity index is 342. The third-order valence-corrected chi connectivity index (χ3v) is 1.82. The highest BCUT2D eigenvalue weighted by atomic mass is 35.5. The van der Waals surface area contributed by atoms with Crippen LogP contribution in [0.5, 0.6) is 0 Å². The first-order valence-electron chi connectivity index (χ1n) is 4.07. The van der Waals surface area contributed by atoms with Crippen molar-refractivity contribution < 1.29 is 4.79 Å².